The summed E-state index contributed by atoms with van der Waals surface area (Å²) in [5.74, 6) is 0. The summed E-state index contributed by atoms with van der Waals surface area (Å²) in [7, 11) is 2.01. The van der Waals surface area contributed by atoms with Gasteiger partial charge in [-0.1, -0.05) is 49.2 Å². The average molecular weight is 317 g/mol. The molecule has 1 rings (SSSR count). The van der Waals surface area contributed by atoms with Crippen LogP contribution in [0.5, 0.6) is 0 Å². The summed E-state index contributed by atoms with van der Waals surface area (Å²) in [5.41, 5.74) is 1.14. The monoisotopic (exact) mass is 316 g/mol. The molecular formula is C16H26Cl2N2. The van der Waals surface area contributed by atoms with Gasteiger partial charge in [0.15, 0.2) is 0 Å². The van der Waals surface area contributed by atoms with Crippen LogP contribution < -0.4 is 5.32 Å². The third-order valence-electron chi connectivity index (χ3n) is 4.24. The molecule has 0 heterocycles. The second kappa shape index (κ2) is 7.65. The molecule has 0 amide bonds. The molecule has 1 atom stereocenters. The fourth-order valence-electron chi connectivity index (χ4n) is 2.89. The Morgan fingerprint density at radius 3 is 2.30 bits per heavy atom. The summed E-state index contributed by atoms with van der Waals surface area (Å²) in [6, 6.07) is 6.15. The molecule has 0 aliphatic carbocycles. The fourth-order valence-corrected chi connectivity index (χ4v) is 3.29. The lowest BCUT2D eigenvalue weighted by Crippen LogP contribution is -2.57. The van der Waals surface area contributed by atoms with Gasteiger partial charge in [0.1, 0.15) is 0 Å². The minimum Gasteiger partial charge on any atom is -0.315 e. The third kappa shape index (κ3) is 3.88. The minimum absolute atomic E-state index is 0.0455. The van der Waals surface area contributed by atoms with Crippen LogP contribution in [0.3, 0.4) is 0 Å². The second-order valence-corrected chi connectivity index (χ2v) is 6.37. The van der Waals surface area contributed by atoms with E-state index in [1.165, 1.54) is 0 Å². The molecule has 0 aliphatic rings. The first kappa shape index (κ1) is 17.8. The van der Waals surface area contributed by atoms with E-state index in [9.17, 15) is 0 Å². The molecule has 0 aliphatic heterocycles. The Bertz CT molecular complexity index is 428. The Morgan fingerprint density at radius 1 is 1.20 bits per heavy atom. The van der Waals surface area contributed by atoms with Crippen molar-refractivity contribution in [1.29, 1.82) is 0 Å². The van der Waals surface area contributed by atoms with Crippen LogP contribution in [0.25, 0.3) is 0 Å². The Labute approximate surface area is 133 Å². The highest BCUT2D eigenvalue weighted by molar-refractivity contribution is 6.42. The molecule has 4 heteroatoms. The van der Waals surface area contributed by atoms with Crippen molar-refractivity contribution < 1.29 is 0 Å². The van der Waals surface area contributed by atoms with Crippen molar-refractivity contribution in [3.8, 4) is 0 Å². The van der Waals surface area contributed by atoms with E-state index in [-0.39, 0.29) is 5.54 Å². The van der Waals surface area contributed by atoms with Gasteiger partial charge in [0.25, 0.3) is 0 Å². The molecule has 0 aromatic heterocycles. The molecular weight excluding hydrogens is 291 g/mol. The number of rotatable bonds is 7. The molecule has 20 heavy (non-hydrogen) atoms. The van der Waals surface area contributed by atoms with Crippen molar-refractivity contribution in [2.45, 2.75) is 45.7 Å². The van der Waals surface area contributed by atoms with E-state index >= 15 is 0 Å². The average Bonchev–Trinajstić information content (AvgIpc) is 2.41. The molecule has 0 fully saturated rings. The Hall–Kier alpha value is -0.280. The predicted molar refractivity (Wildman–Crippen MR) is 90.0 cm³/mol. The van der Waals surface area contributed by atoms with Crippen LogP contribution in [0.4, 0.5) is 0 Å². The first-order valence-electron chi connectivity index (χ1n) is 7.23. The van der Waals surface area contributed by atoms with Gasteiger partial charge in [-0.05, 0) is 52.0 Å². The van der Waals surface area contributed by atoms with E-state index in [0.717, 1.165) is 25.1 Å². The zero-order valence-corrected chi connectivity index (χ0v) is 14.6. The van der Waals surface area contributed by atoms with Crippen LogP contribution in [0.1, 0.15) is 33.3 Å². The molecule has 1 N–H and O–H groups in total. The van der Waals surface area contributed by atoms with Crippen molar-refractivity contribution in [3.05, 3.63) is 33.8 Å². The largest absolute Gasteiger partial charge is 0.315 e. The minimum atomic E-state index is 0.0455. The van der Waals surface area contributed by atoms with Gasteiger partial charge < -0.3 is 5.32 Å². The van der Waals surface area contributed by atoms with Crippen molar-refractivity contribution in [1.82, 2.24) is 10.2 Å². The molecule has 0 saturated heterocycles. The zero-order valence-electron chi connectivity index (χ0n) is 13.1. The standard InChI is InChI=1S/C16H26Cl2N2/c1-6-20(7-2)16(3,4)14(19-5)11-12-9-8-10-13(17)15(12)18/h8-10,14,19H,6-7,11H2,1-5H3. The third-order valence-corrected chi connectivity index (χ3v) is 5.09. The van der Waals surface area contributed by atoms with Gasteiger partial charge in [-0.3, -0.25) is 4.90 Å². The Balaban J connectivity index is 2.99. The quantitative estimate of drug-likeness (QED) is 0.809. The summed E-state index contributed by atoms with van der Waals surface area (Å²) in [6.45, 7) is 11.0. The van der Waals surface area contributed by atoms with Crippen LogP contribution in [-0.4, -0.2) is 36.6 Å². The first-order valence-corrected chi connectivity index (χ1v) is 7.99. The molecule has 0 radical (unpaired) electrons. The number of hydrogen-bond acceptors (Lipinski definition) is 2. The molecule has 0 bridgehead atoms. The van der Waals surface area contributed by atoms with E-state index in [1.54, 1.807) is 0 Å². The van der Waals surface area contributed by atoms with E-state index in [1.807, 2.05) is 19.2 Å². The summed E-state index contributed by atoms with van der Waals surface area (Å²) >= 11 is 12.4. The fraction of sp³-hybridized carbons (Fsp3) is 0.625. The van der Waals surface area contributed by atoms with E-state index in [4.69, 9.17) is 23.2 Å². The highest BCUT2D eigenvalue weighted by Gasteiger charge is 2.33. The van der Waals surface area contributed by atoms with Crippen LogP contribution in [0.15, 0.2) is 18.2 Å². The second-order valence-electron chi connectivity index (χ2n) is 5.58. The summed E-state index contributed by atoms with van der Waals surface area (Å²) in [5, 5.41) is 4.74. The number of halogens is 2. The van der Waals surface area contributed by atoms with Gasteiger partial charge in [-0.15, -0.1) is 0 Å². The van der Waals surface area contributed by atoms with E-state index in [2.05, 4.69) is 44.0 Å². The van der Waals surface area contributed by atoms with Crippen molar-refractivity contribution in [2.75, 3.05) is 20.1 Å². The predicted octanol–water partition coefficient (Wildman–Crippen LogP) is 4.24. The summed E-state index contributed by atoms with van der Waals surface area (Å²) < 4.78 is 0. The van der Waals surface area contributed by atoms with Gasteiger partial charge in [0.05, 0.1) is 10.0 Å². The lowest BCUT2D eigenvalue weighted by Gasteiger charge is -2.43. The normalized spacial score (nSPS) is 13.8. The maximum Gasteiger partial charge on any atom is 0.0624 e. The van der Waals surface area contributed by atoms with Gasteiger partial charge in [-0.25, -0.2) is 0 Å². The molecule has 0 saturated carbocycles. The highest BCUT2D eigenvalue weighted by Crippen LogP contribution is 2.29. The number of hydrogen-bond donors (Lipinski definition) is 1. The maximum atomic E-state index is 6.32. The lowest BCUT2D eigenvalue weighted by atomic mass is 9.87. The van der Waals surface area contributed by atoms with Crippen LogP contribution >= 0.6 is 23.2 Å². The number of nitrogens with one attached hydrogen (secondary N) is 1. The van der Waals surface area contributed by atoms with Crippen molar-refractivity contribution >= 4 is 23.2 Å². The zero-order chi connectivity index (χ0) is 15.3. The van der Waals surface area contributed by atoms with Gasteiger partial charge in [-0.2, -0.15) is 0 Å². The van der Waals surface area contributed by atoms with Crippen molar-refractivity contribution in [3.63, 3.8) is 0 Å². The Morgan fingerprint density at radius 2 is 1.80 bits per heavy atom. The molecule has 0 spiro atoms. The van der Waals surface area contributed by atoms with Gasteiger partial charge >= 0.3 is 0 Å². The number of likely N-dealkylation sites (N-methyl/N-ethyl adjacent to an activating group) is 2. The lowest BCUT2D eigenvalue weighted by molar-refractivity contribution is 0.0944. The molecule has 1 aromatic carbocycles. The van der Waals surface area contributed by atoms with Crippen molar-refractivity contribution in [2.24, 2.45) is 0 Å². The molecule has 1 unspecified atom stereocenters. The van der Waals surface area contributed by atoms with Gasteiger partial charge in [0, 0.05) is 11.6 Å². The summed E-state index contributed by atoms with van der Waals surface area (Å²) in [4.78, 5) is 2.46. The molecule has 2 nitrogen and oxygen atoms in total. The maximum absolute atomic E-state index is 6.32. The smallest absolute Gasteiger partial charge is 0.0624 e. The Kier molecular flexibility index (Phi) is 6.80. The van der Waals surface area contributed by atoms with E-state index < -0.39 is 0 Å². The van der Waals surface area contributed by atoms with E-state index in [0.29, 0.717) is 16.1 Å². The number of nitrogens with zero attached hydrogens (tertiary/aromatic N) is 1. The highest BCUT2D eigenvalue weighted by atomic mass is 35.5. The first-order chi connectivity index (χ1) is 9.38. The molecule has 114 valence electrons. The van der Waals surface area contributed by atoms with Crippen LogP contribution in [0, 0.1) is 0 Å². The molecule has 1 aromatic rings. The topological polar surface area (TPSA) is 15.3 Å². The van der Waals surface area contributed by atoms with Gasteiger partial charge in [0.2, 0.25) is 0 Å². The summed E-state index contributed by atoms with van der Waals surface area (Å²) in [6.07, 6.45) is 0.861. The van der Waals surface area contributed by atoms with Crippen LogP contribution in [-0.2, 0) is 6.42 Å². The number of benzene rings is 1. The van der Waals surface area contributed by atoms with Crippen LogP contribution in [0.2, 0.25) is 10.0 Å². The SMILES string of the molecule is CCN(CC)C(C)(C)C(Cc1cccc(Cl)c1Cl)NC.